The number of nitrogens with zero attached hydrogens (tertiary/aromatic N) is 2. The molecule has 1 aliphatic rings. The number of hydrogen-bond donors (Lipinski definition) is 1. The van der Waals surface area contributed by atoms with Crippen molar-refractivity contribution in [2.75, 3.05) is 26.7 Å². The van der Waals surface area contributed by atoms with Crippen molar-refractivity contribution in [2.24, 2.45) is 5.92 Å². The van der Waals surface area contributed by atoms with Gasteiger partial charge in [-0.15, -0.1) is 0 Å². The van der Waals surface area contributed by atoms with E-state index in [1.165, 1.54) is 0 Å². The Balaban J connectivity index is 2.33. The van der Waals surface area contributed by atoms with Crippen molar-refractivity contribution in [2.45, 2.75) is 12.8 Å². The lowest BCUT2D eigenvalue weighted by atomic mass is 10.1. The largest absolute Gasteiger partial charge is 0.344 e. The Bertz CT molecular complexity index is 215. The molecular weight excluding hydrogens is 166 g/mol. The number of carbonyl (C=O) groups excluding carboxylic acids is 1. The zero-order valence-corrected chi connectivity index (χ0v) is 7.92. The fourth-order valence-electron chi connectivity index (χ4n) is 1.51. The summed E-state index contributed by atoms with van der Waals surface area (Å²) >= 11 is 0. The molecule has 13 heavy (non-hydrogen) atoms. The first kappa shape index (κ1) is 10.0. The second-order valence-electron chi connectivity index (χ2n) is 3.36. The number of nitrogens with one attached hydrogen (secondary N) is 1. The van der Waals surface area contributed by atoms with E-state index in [1.807, 2.05) is 6.07 Å². The molecule has 0 aromatic carbocycles. The van der Waals surface area contributed by atoms with Crippen molar-refractivity contribution in [3.8, 4) is 6.07 Å². The minimum atomic E-state index is 0.128. The molecule has 1 heterocycles. The lowest BCUT2D eigenvalue weighted by molar-refractivity contribution is -0.133. The second-order valence-corrected chi connectivity index (χ2v) is 3.36. The standard InChI is InChI=1S/C9H15N3O/c1-12(6-2-4-10)9(13)8-3-5-11-7-8/h8,11H,2-3,5-7H2,1H3. The summed E-state index contributed by atoms with van der Waals surface area (Å²) in [4.78, 5) is 13.3. The van der Waals surface area contributed by atoms with E-state index in [9.17, 15) is 4.79 Å². The van der Waals surface area contributed by atoms with Gasteiger partial charge in [0.25, 0.3) is 0 Å². The predicted molar refractivity (Wildman–Crippen MR) is 48.8 cm³/mol. The van der Waals surface area contributed by atoms with E-state index in [-0.39, 0.29) is 11.8 Å². The first-order chi connectivity index (χ1) is 6.25. The van der Waals surface area contributed by atoms with Gasteiger partial charge in [-0.1, -0.05) is 0 Å². The van der Waals surface area contributed by atoms with Crippen molar-refractivity contribution in [3.63, 3.8) is 0 Å². The van der Waals surface area contributed by atoms with E-state index in [1.54, 1.807) is 11.9 Å². The van der Waals surface area contributed by atoms with Gasteiger partial charge in [-0.05, 0) is 13.0 Å². The van der Waals surface area contributed by atoms with Crippen molar-refractivity contribution in [1.29, 1.82) is 5.26 Å². The van der Waals surface area contributed by atoms with Crippen LogP contribution in [0.15, 0.2) is 0 Å². The van der Waals surface area contributed by atoms with E-state index in [0.29, 0.717) is 13.0 Å². The lowest BCUT2D eigenvalue weighted by Gasteiger charge is -2.18. The molecule has 1 N–H and O–H groups in total. The summed E-state index contributed by atoms with van der Waals surface area (Å²) in [5.74, 6) is 0.295. The SMILES string of the molecule is CN(CCC#N)C(=O)C1CCNC1. The summed E-state index contributed by atoms with van der Waals surface area (Å²) < 4.78 is 0. The lowest BCUT2D eigenvalue weighted by Crippen LogP contribution is -2.34. The molecule has 0 spiro atoms. The number of amides is 1. The maximum absolute atomic E-state index is 11.6. The maximum Gasteiger partial charge on any atom is 0.226 e. The van der Waals surface area contributed by atoms with Crippen LogP contribution in [-0.2, 0) is 4.79 Å². The smallest absolute Gasteiger partial charge is 0.226 e. The van der Waals surface area contributed by atoms with E-state index in [2.05, 4.69) is 5.32 Å². The number of carbonyl (C=O) groups is 1. The van der Waals surface area contributed by atoms with Crippen LogP contribution in [0.3, 0.4) is 0 Å². The van der Waals surface area contributed by atoms with Crippen molar-refractivity contribution >= 4 is 5.91 Å². The van der Waals surface area contributed by atoms with Crippen LogP contribution < -0.4 is 5.32 Å². The molecule has 1 saturated heterocycles. The van der Waals surface area contributed by atoms with Gasteiger partial charge in [0.2, 0.25) is 5.91 Å². The van der Waals surface area contributed by atoms with Gasteiger partial charge in [0.15, 0.2) is 0 Å². The molecule has 0 saturated carbocycles. The first-order valence-corrected chi connectivity index (χ1v) is 4.58. The fourth-order valence-corrected chi connectivity index (χ4v) is 1.51. The predicted octanol–water partition coefficient (Wildman–Crippen LogP) is -0.0320. The zero-order chi connectivity index (χ0) is 9.68. The zero-order valence-electron chi connectivity index (χ0n) is 7.92. The van der Waals surface area contributed by atoms with Crippen LogP contribution in [0.5, 0.6) is 0 Å². The third kappa shape index (κ3) is 2.71. The van der Waals surface area contributed by atoms with Gasteiger partial charge in [0, 0.05) is 20.1 Å². The minimum absolute atomic E-state index is 0.128. The first-order valence-electron chi connectivity index (χ1n) is 4.58. The molecule has 1 atom stereocenters. The highest BCUT2D eigenvalue weighted by atomic mass is 16.2. The molecule has 1 amide bonds. The highest BCUT2D eigenvalue weighted by molar-refractivity contribution is 5.79. The quantitative estimate of drug-likeness (QED) is 0.665. The molecule has 0 aromatic rings. The van der Waals surface area contributed by atoms with Crippen molar-refractivity contribution in [3.05, 3.63) is 0 Å². The number of rotatable bonds is 3. The van der Waals surface area contributed by atoms with Crippen molar-refractivity contribution in [1.82, 2.24) is 10.2 Å². The molecule has 1 unspecified atom stereocenters. The topological polar surface area (TPSA) is 56.1 Å². The van der Waals surface area contributed by atoms with E-state index in [0.717, 1.165) is 19.5 Å². The third-order valence-electron chi connectivity index (χ3n) is 2.34. The molecule has 0 aliphatic carbocycles. The Labute approximate surface area is 78.5 Å². The summed E-state index contributed by atoms with van der Waals surface area (Å²) in [7, 11) is 1.76. The number of nitriles is 1. The van der Waals surface area contributed by atoms with Crippen molar-refractivity contribution < 1.29 is 4.79 Å². The van der Waals surface area contributed by atoms with Crippen LogP contribution in [0.4, 0.5) is 0 Å². The Morgan fingerprint density at radius 2 is 2.54 bits per heavy atom. The summed E-state index contributed by atoms with van der Waals surface area (Å²) in [5, 5.41) is 11.5. The van der Waals surface area contributed by atoms with Crippen LogP contribution in [0.25, 0.3) is 0 Å². The van der Waals surface area contributed by atoms with E-state index in [4.69, 9.17) is 5.26 Å². The van der Waals surface area contributed by atoms with Gasteiger partial charge in [-0.3, -0.25) is 4.79 Å². The highest BCUT2D eigenvalue weighted by Gasteiger charge is 2.24. The summed E-state index contributed by atoms with van der Waals surface area (Å²) in [6.07, 6.45) is 1.35. The monoisotopic (exact) mass is 181 g/mol. The van der Waals surface area contributed by atoms with E-state index < -0.39 is 0 Å². The minimum Gasteiger partial charge on any atom is -0.344 e. The van der Waals surface area contributed by atoms with Gasteiger partial charge in [0.1, 0.15) is 0 Å². The van der Waals surface area contributed by atoms with Gasteiger partial charge in [-0.2, -0.15) is 5.26 Å². The molecule has 4 nitrogen and oxygen atoms in total. The molecule has 0 aromatic heterocycles. The molecule has 0 radical (unpaired) electrons. The average Bonchev–Trinajstić information content (AvgIpc) is 2.65. The average molecular weight is 181 g/mol. The Hall–Kier alpha value is -1.08. The normalized spacial score (nSPS) is 21.1. The van der Waals surface area contributed by atoms with Crippen LogP contribution in [0.1, 0.15) is 12.8 Å². The van der Waals surface area contributed by atoms with Crippen LogP contribution >= 0.6 is 0 Å². The summed E-state index contributed by atoms with van der Waals surface area (Å²) in [6, 6.07) is 2.03. The second kappa shape index (κ2) is 4.83. The van der Waals surface area contributed by atoms with Crippen LogP contribution in [0.2, 0.25) is 0 Å². The molecule has 1 fully saturated rings. The number of hydrogen-bond acceptors (Lipinski definition) is 3. The third-order valence-corrected chi connectivity index (χ3v) is 2.34. The van der Waals surface area contributed by atoms with E-state index >= 15 is 0 Å². The molecule has 72 valence electrons. The highest BCUT2D eigenvalue weighted by Crippen LogP contribution is 2.10. The maximum atomic E-state index is 11.6. The Morgan fingerprint density at radius 3 is 3.08 bits per heavy atom. The fraction of sp³-hybridized carbons (Fsp3) is 0.778. The molecule has 4 heteroatoms. The molecule has 0 bridgehead atoms. The van der Waals surface area contributed by atoms with Crippen LogP contribution in [0, 0.1) is 17.2 Å². The van der Waals surface area contributed by atoms with Gasteiger partial charge < -0.3 is 10.2 Å². The molecule has 1 aliphatic heterocycles. The summed E-state index contributed by atoms with van der Waals surface area (Å²) in [5.41, 5.74) is 0. The van der Waals surface area contributed by atoms with Crippen LogP contribution in [-0.4, -0.2) is 37.5 Å². The van der Waals surface area contributed by atoms with Gasteiger partial charge >= 0.3 is 0 Å². The van der Waals surface area contributed by atoms with Gasteiger partial charge in [0.05, 0.1) is 18.4 Å². The Morgan fingerprint density at radius 1 is 1.77 bits per heavy atom. The molecule has 1 rings (SSSR count). The molecular formula is C9H15N3O. The summed E-state index contributed by atoms with van der Waals surface area (Å²) in [6.45, 7) is 2.27. The Kier molecular flexibility index (Phi) is 3.71. The van der Waals surface area contributed by atoms with Gasteiger partial charge in [-0.25, -0.2) is 0 Å².